The van der Waals surface area contributed by atoms with Crippen LogP contribution < -0.4 is 10.3 Å². The van der Waals surface area contributed by atoms with Crippen LogP contribution in [0.5, 0.6) is 0 Å². The molecule has 1 aliphatic rings. The number of imidazole rings is 1. The van der Waals surface area contributed by atoms with Crippen LogP contribution in [0.15, 0.2) is 47.7 Å². The molecule has 3 heterocycles. The van der Waals surface area contributed by atoms with Gasteiger partial charge >= 0.3 is 15.5 Å². The van der Waals surface area contributed by atoms with Crippen molar-refractivity contribution < 1.29 is 39.6 Å². The molecule has 4 rings (SSSR count). The molecule has 0 spiro atoms. The number of fused-ring (bicyclic) bond motifs is 1. The zero-order valence-corrected chi connectivity index (χ0v) is 18.8. The number of halogens is 6. The van der Waals surface area contributed by atoms with Crippen molar-refractivity contribution in [1.29, 1.82) is 0 Å². The van der Waals surface area contributed by atoms with Crippen molar-refractivity contribution in [2.24, 2.45) is 5.10 Å². The highest BCUT2D eigenvalue weighted by molar-refractivity contribution is 7.90. The normalized spacial score (nSPS) is 14.6. The highest BCUT2D eigenvalue weighted by atomic mass is 32.2. The summed E-state index contributed by atoms with van der Waals surface area (Å²) in [5.41, 5.74) is -6.32. The molecule has 1 N–H and O–H groups in total. The van der Waals surface area contributed by atoms with Gasteiger partial charge in [-0.1, -0.05) is 12.1 Å². The first-order valence-corrected chi connectivity index (χ1v) is 11.6. The third kappa shape index (κ3) is 4.67. The van der Waals surface area contributed by atoms with Crippen molar-refractivity contribution in [3.8, 4) is 0 Å². The quantitative estimate of drug-likeness (QED) is 0.490. The Morgan fingerprint density at radius 2 is 1.89 bits per heavy atom. The Kier molecular flexibility index (Phi) is 6.55. The number of carbonyl (C=O) groups excluding carboxylic acids is 1. The molecule has 9 nitrogen and oxygen atoms in total. The fourth-order valence-electron chi connectivity index (χ4n) is 3.45. The molecule has 0 radical (unpaired) electrons. The number of sulfonamides is 1. The fraction of sp³-hybridized carbons (Fsp3) is 0.250. The second-order valence-electron chi connectivity index (χ2n) is 7.46. The molecular weight excluding hydrogens is 518 g/mol. The van der Waals surface area contributed by atoms with Crippen LogP contribution in [-0.2, 0) is 16.6 Å². The Labute approximate surface area is 199 Å². The van der Waals surface area contributed by atoms with Crippen molar-refractivity contribution >= 4 is 33.6 Å². The van der Waals surface area contributed by atoms with Crippen LogP contribution in [0.4, 0.5) is 32.0 Å². The number of aromatic nitrogens is 2. The van der Waals surface area contributed by atoms with Gasteiger partial charge in [0.05, 0.1) is 18.8 Å². The Balaban J connectivity index is 1.47. The molecule has 36 heavy (non-hydrogen) atoms. The molecule has 1 aliphatic heterocycles. The van der Waals surface area contributed by atoms with E-state index < -0.39 is 45.9 Å². The summed E-state index contributed by atoms with van der Waals surface area (Å²) in [4.78, 5) is 16.4. The van der Waals surface area contributed by atoms with Crippen molar-refractivity contribution in [1.82, 2.24) is 19.0 Å². The Morgan fingerprint density at radius 3 is 2.50 bits per heavy atom. The van der Waals surface area contributed by atoms with Gasteiger partial charge in [0.1, 0.15) is 29.2 Å². The van der Waals surface area contributed by atoms with Crippen LogP contribution in [0, 0.1) is 5.82 Å². The first-order chi connectivity index (χ1) is 16.9. The lowest BCUT2D eigenvalue weighted by molar-refractivity contribution is -0.0471. The zero-order chi connectivity index (χ0) is 26.3. The van der Waals surface area contributed by atoms with E-state index in [0.717, 1.165) is 11.1 Å². The van der Waals surface area contributed by atoms with E-state index in [4.69, 9.17) is 0 Å². The molecule has 16 heteroatoms. The maximum absolute atomic E-state index is 14.7. The number of hydrazone groups is 1. The predicted octanol–water partition coefficient (Wildman–Crippen LogP) is 3.26. The number of nitrogens with one attached hydrogen (secondary N) is 1. The molecule has 0 unspecified atom stereocenters. The monoisotopic (exact) mass is 534 g/mol. The van der Waals surface area contributed by atoms with E-state index in [1.165, 1.54) is 34.9 Å². The summed E-state index contributed by atoms with van der Waals surface area (Å²) in [6, 6.07) is 8.21. The van der Waals surface area contributed by atoms with E-state index in [1.54, 1.807) is 6.07 Å². The molecular formula is C20H16F6N6O3S. The van der Waals surface area contributed by atoms with Gasteiger partial charge < -0.3 is 5.32 Å². The van der Waals surface area contributed by atoms with Gasteiger partial charge in [-0.2, -0.15) is 26.7 Å². The summed E-state index contributed by atoms with van der Waals surface area (Å²) in [7, 11) is -5.61. The van der Waals surface area contributed by atoms with Gasteiger partial charge in [-0.15, -0.1) is 0 Å². The third-order valence-corrected chi connectivity index (χ3v) is 6.65. The summed E-state index contributed by atoms with van der Waals surface area (Å²) < 4.78 is 104. The van der Waals surface area contributed by atoms with Gasteiger partial charge in [0.2, 0.25) is 0 Å². The van der Waals surface area contributed by atoms with E-state index in [0.29, 0.717) is 6.34 Å². The number of rotatable bonds is 6. The fourth-order valence-corrected chi connectivity index (χ4v) is 4.21. The van der Waals surface area contributed by atoms with E-state index in [9.17, 15) is 39.6 Å². The minimum absolute atomic E-state index is 0.0130. The van der Waals surface area contributed by atoms with Gasteiger partial charge in [0.25, 0.3) is 12.3 Å². The van der Waals surface area contributed by atoms with E-state index >= 15 is 0 Å². The topological polar surface area (TPSA) is 99.4 Å². The number of hydrogen-bond acceptors (Lipinski definition) is 6. The Bertz CT molecular complexity index is 1440. The average molecular weight is 534 g/mol. The molecule has 0 saturated carbocycles. The van der Waals surface area contributed by atoms with Crippen LogP contribution in [0.2, 0.25) is 0 Å². The molecule has 0 bridgehead atoms. The molecule has 2 aromatic heterocycles. The SMILES string of the molecule is O=C(NCc1ccc(N2CCN(S(=O)(=O)C(F)(F)F)C=N2)c(F)c1)c1c(C(F)F)nc2ccccn12. The summed E-state index contributed by atoms with van der Waals surface area (Å²) in [5, 5.41) is 6.99. The van der Waals surface area contributed by atoms with Crippen LogP contribution in [0.25, 0.3) is 5.65 Å². The molecule has 1 aromatic carbocycles. The predicted molar refractivity (Wildman–Crippen MR) is 115 cm³/mol. The Hall–Kier alpha value is -3.82. The zero-order valence-electron chi connectivity index (χ0n) is 18.0. The molecule has 192 valence electrons. The maximum atomic E-state index is 14.7. The highest BCUT2D eigenvalue weighted by Gasteiger charge is 2.50. The number of anilines is 1. The third-order valence-electron chi connectivity index (χ3n) is 5.18. The average Bonchev–Trinajstić information content (AvgIpc) is 3.22. The van der Waals surface area contributed by atoms with Crippen molar-refractivity contribution in [2.75, 3.05) is 18.1 Å². The number of nitrogens with zero attached hydrogens (tertiary/aromatic N) is 5. The number of alkyl halides is 5. The largest absolute Gasteiger partial charge is 0.516 e. The Morgan fingerprint density at radius 1 is 1.14 bits per heavy atom. The number of pyridine rings is 1. The number of hydrogen-bond donors (Lipinski definition) is 1. The number of amides is 1. The van der Waals surface area contributed by atoms with E-state index in [1.807, 2.05) is 0 Å². The summed E-state index contributed by atoms with van der Waals surface area (Å²) in [5.74, 6) is -1.71. The van der Waals surface area contributed by atoms with Crippen LogP contribution in [-0.4, -0.2) is 53.0 Å². The minimum Gasteiger partial charge on any atom is -0.347 e. The van der Waals surface area contributed by atoms with E-state index in [-0.39, 0.29) is 40.0 Å². The molecule has 0 atom stereocenters. The van der Waals surface area contributed by atoms with Crippen LogP contribution in [0.3, 0.4) is 0 Å². The maximum Gasteiger partial charge on any atom is 0.516 e. The van der Waals surface area contributed by atoms with Crippen LogP contribution in [0.1, 0.15) is 28.2 Å². The first-order valence-electron chi connectivity index (χ1n) is 10.1. The first kappa shape index (κ1) is 25.3. The van der Waals surface area contributed by atoms with Gasteiger partial charge in [-0.25, -0.2) is 22.5 Å². The van der Waals surface area contributed by atoms with Crippen molar-refractivity contribution in [2.45, 2.75) is 18.5 Å². The summed E-state index contributed by atoms with van der Waals surface area (Å²) >= 11 is 0. The second-order valence-corrected chi connectivity index (χ2v) is 9.34. The van der Waals surface area contributed by atoms with E-state index in [2.05, 4.69) is 15.4 Å². The van der Waals surface area contributed by atoms with Crippen molar-refractivity contribution in [3.63, 3.8) is 0 Å². The van der Waals surface area contributed by atoms with Gasteiger partial charge in [-0.3, -0.25) is 14.2 Å². The number of benzene rings is 1. The molecule has 3 aromatic rings. The number of carbonyl (C=O) groups is 1. The standard InChI is InChI=1S/C20H16F6N6O3S/c21-13-9-12(4-5-14(13)32-8-7-30(11-28-32)36(34,35)20(24,25)26)10-27-19(33)17-16(18(22)23)29-15-3-1-2-6-31(15)17/h1-6,9,11,18H,7-8,10H2,(H,27,33). The van der Waals surface area contributed by atoms with Crippen molar-refractivity contribution in [3.05, 3.63) is 65.4 Å². The lowest BCUT2D eigenvalue weighted by atomic mass is 10.2. The summed E-state index contributed by atoms with van der Waals surface area (Å²) in [6.45, 7) is -1.21. The second kappa shape index (κ2) is 9.33. The van der Waals surface area contributed by atoms with Gasteiger partial charge in [-0.05, 0) is 29.8 Å². The lowest BCUT2D eigenvalue weighted by Gasteiger charge is -2.29. The molecule has 0 fully saturated rings. The van der Waals surface area contributed by atoms with Gasteiger partial charge in [0.15, 0.2) is 0 Å². The smallest absolute Gasteiger partial charge is 0.347 e. The molecule has 0 aliphatic carbocycles. The van der Waals surface area contributed by atoms with Gasteiger partial charge in [0, 0.05) is 12.7 Å². The molecule has 1 amide bonds. The summed E-state index contributed by atoms with van der Waals surface area (Å²) in [6.07, 6.45) is -1.16. The highest BCUT2D eigenvalue weighted by Crippen LogP contribution is 2.28. The molecule has 0 saturated heterocycles. The minimum atomic E-state index is -5.61. The van der Waals surface area contributed by atoms with Crippen LogP contribution >= 0.6 is 0 Å². The lowest BCUT2D eigenvalue weighted by Crippen LogP contribution is -2.46.